The molecule has 19 heavy (non-hydrogen) atoms. The molecule has 4 heteroatoms. The van der Waals surface area contributed by atoms with Crippen LogP contribution >= 0.6 is 0 Å². The molecule has 0 atom stereocenters. The molecule has 100 valence electrons. The molecule has 0 aliphatic heterocycles. The molecular formula is C15H14F2O2. The molecule has 0 fully saturated rings. The highest BCUT2D eigenvalue weighted by atomic mass is 19.1. The number of para-hydroxylation sites is 1. The average molecular weight is 264 g/mol. The van der Waals surface area contributed by atoms with Crippen molar-refractivity contribution in [3.63, 3.8) is 0 Å². The highest BCUT2D eigenvalue weighted by molar-refractivity contribution is 5.33. The smallest absolute Gasteiger partial charge is 0.130 e. The van der Waals surface area contributed by atoms with Gasteiger partial charge >= 0.3 is 0 Å². The van der Waals surface area contributed by atoms with Crippen LogP contribution in [-0.4, -0.2) is 11.7 Å². The molecule has 0 amide bonds. The first-order chi connectivity index (χ1) is 9.20. The summed E-state index contributed by atoms with van der Waals surface area (Å²) in [6.45, 7) is -0.0409. The standard InChI is InChI=1S/C15H14F2O2/c16-13-5-6-14(17)12(9-13)10-19-15-4-2-1-3-11(15)7-8-18/h1-6,9,18H,7-8,10H2. The Hall–Kier alpha value is -1.94. The molecule has 0 aliphatic rings. The number of aliphatic hydroxyl groups excluding tert-OH is 1. The summed E-state index contributed by atoms with van der Waals surface area (Å²) in [5, 5.41) is 8.94. The molecule has 0 bridgehead atoms. The maximum Gasteiger partial charge on any atom is 0.130 e. The first kappa shape index (κ1) is 13.5. The fraction of sp³-hybridized carbons (Fsp3) is 0.200. The topological polar surface area (TPSA) is 29.5 Å². The van der Waals surface area contributed by atoms with E-state index in [1.807, 2.05) is 12.1 Å². The minimum absolute atomic E-state index is 0.00863. The number of hydrogen-bond donors (Lipinski definition) is 1. The fourth-order valence-electron chi connectivity index (χ4n) is 1.78. The summed E-state index contributed by atoms with van der Waals surface area (Å²) in [7, 11) is 0. The molecule has 0 aromatic heterocycles. The van der Waals surface area contributed by atoms with E-state index in [0.29, 0.717) is 12.2 Å². The quantitative estimate of drug-likeness (QED) is 0.899. The van der Waals surface area contributed by atoms with Crippen molar-refractivity contribution in [3.05, 3.63) is 65.2 Å². The summed E-state index contributed by atoms with van der Waals surface area (Å²) in [6, 6.07) is 10.4. The van der Waals surface area contributed by atoms with Crippen LogP contribution in [0.5, 0.6) is 5.75 Å². The zero-order valence-electron chi connectivity index (χ0n) is 10.3. The van der Waals surface area contributed by atoms with E-state index in [9.17, 15) is 8.78 Å². The van der Waals surface area contributed by atoms with Crippen molar-refractivity contribution in [1.82, 2.24) is 0 Å². The van der Waals surface area contributed by atoms with Crippen LogP contribution in [-0.2, 0) is 13.0 Å². The Morgan fingerprint density at radius 2 is 1.79 bits per heavy atom. The van der Waals surface area contributed by atoms with Crippen LogP contribution in [0.4, 0.5) is 8.78 Å². The van der Waals surface area contributed by atoms with E-state index in [1.165, 1.54) is 0 Å². The molecule has 0 unspecified atom stereocenters. The summed E-state index contributed by atoms with van der Waals surface area (Å²) >= 11 is 0. The third kappa shape index (κ3) is 3.51. The zero-order valence-corrected chi connectivity index (χ0v) is 10.3. The van der Waals surface area contributed by atoms with Crippen LogP contribution in [0.2, 0.25) is 0 Å². The molecular weight excluding hydrogens is 250 g/mol. The number of ether oxygens (including phenoxy) is 1. The molecule has 0 aliphatic carbocycles. The van der Waals surface area contributed by atoms with E-state index in [-0.39, 0.29) is 18.8 Å². The van der Waals surface area contributed by atoms with Crippen molar-refractivity contribution in [3.8, 4) is 5.75 Å². The summed E-state index contributed by atoms with van der Waals surface area (Å²) in [5.41, 5.74) is 1.00. The summed E-state index contributed by atoms with van der Waals surface area (Å²) in [4.78, 5) is 0. The van der Waals surface area contributed by atoms with Crippen LogP contribution < -0.4 is 4.74 Å². The Balaban J connectivity index is 2.12. The van der Waals surface area contributed by atoms with Crippen molar-refractivity contribution in [2.45, 2.75) is 13.0 Å². The van der Waals surface area contributed by atoms with E-state index in [1.54, 1.807) is 12.1 Å². The Labute approximate surface area is 110 Å². The average Bonchev–Trinajstić information content (AvgIpc) is 2.42. The molecule has 0 heterocycles. The van der Waals surface area contributed by atoms with Gasteiger partial charge in [0.15, 0.2) is 0 Å². The van der Waals surface area contributed by atoms with E-state index >= 15 is 0 Å². The molecule has 2 aromatic rings. The highest BCUT2D eigenvalue weighted by Gasteiger charge is 2.07. The predicted octanol–water partition coefficient (Wildman–Crippen LogP) is 3.08. The third-order valence-corrected chi connectivity index (χ3v) is 2.74. The van der Waals surface area contributed by atoms with E-state index in [2.05, 4.69) is 0 Å². The first-order valence-electron chi connectivity index (χ1n) is 5.96. The number of benzene rings is 2. The second-order valence-corrected chi connectivity index (χ2v) is 4.11. The number of rotatable bonds is 5. The Bertz CT molecular complexity index is 556. The summed E-state index contributed by atoms with van der Waals surface area (Å²) < 4.78 is 31.9. The minimum atomic E-state index is -0.499. The highest BCUT2D eigenvalue weighted by Crippen LogP contribution is 2.20. The number of aliphatic hydroxyl groups is 1. The van der Waals surface area contributed by atoms with Crippen molar-refractivity contribution < 1.29 is 18.6 Å². The van der Waals surface area contributed by atoms with Crippen molar-refractivity contribution in [2.24, 2.45) is 0 Å². The van der Waals surface area contributed by atoms with Gasteiger partial charge in [-0.3, -0.25) is 0 Å². The zero-order chi connectivity index (χ0) is 13.7. The number of halogens is 2. The molecule has 0 radical (unpaired) electrons. The van der Waals surface area contributed by atoms with Gasteiger partial charge in [0.05, 0.1) is 0 Å². The van der Waals surface area contributed by atoms with Gasteiger partial charge in [-0.05, 0) is 36.2 Å². The second kappa shape index (κ2) is 6.29. The number of hydrogen-bond acceptors (Lipinski definition) is 2. The Morgan fingerprint density at radius 3 is 2.58 bits per heavy atom. The molecule has 2 aromatic carbocycles. The third-order valence-electron chi connectivity index (χ3n) is 2.74. The van der Waals surface area contributed by atoms with Gasteiger partial charge in [0.25, 0.3) is 0 Å². The van der Waals surface area contributed by atoms with Crippen molar-refractivity contribution in [1.29, 1.82) is 0 Å². The fourth-order valence-corrected chi connectivity index (χ4v) is 1.78. The molecule has 0 saturated carbocycles. The van der Waals surface area contributed by atoms with Crippen LogP contribution in [0.25, 0.3) is 0 Å². The van der Waals surface area contributed by atoms with Crippen LogP contribution in [0.15, 0.2) is 42.5 Å². The van der Waals surface area contributed by atoms with Gasteiger partial charge in [-0.15, -0.1) is 0 Å². The van der Waals surface area contributed by atoms with Crippen LogP contribution in [0.3, 0.4) is 0 Å². The lowest BCUT2D eigenvalue weighted by Crippen LogP contribution is -2.02. The van der Waals surface area contributed by atoms with Gasteiger partial charge in [-0.25, -0.2) is 8.78 Å². The van der Waals surface area contributed by atoms with E-state index in [0.717, 1.165) is 23.8 Å². The van der Waals surface area contributed by atoms with Gasteiger partial charge in [0.1, 0.15) is 24.0 Å². The minimum Gasteiger partial charge on any atom is -0.489 e. The lowest BCUT2D eigenvalue weighted by atomic mass is 10.1. The molecule has 2 nitrogen and oxygen atoms in total. The van der Waals surface area contributed by atoms with E-state index in [4.69, 9.17) is 9.84 Å². The first-order valence-corrected chi connectivity index (χ1v) is 5.96. The Morgan fingerprint density at radius 1 is 1.00 bits per heavy atom. The lowest BCUT2D eigenvalue weighted by Gasteiger charge is -2.11. The van der Waals surface area contributed by atoms with Gasteiger partial charge < -0.3 is 9.84 Å². The summed E-state index contributed by atoms with van der Waals surface area (Å²) in [5.74, 6) is -0.426. The summed E-state index contributed by atoms with van der Waals surface area (Å²) in [6.07, 6.45) is 0.460. The SMILES string of the molecule is OCCc1ccccc1OCc1cc(F)ccc1F. The predicted molar refractivity (Wildman–Crippen MR) is 67.9 cm³/mol. The normalized spacial score (nSPS) is 10.5. The Kier molecular flexibility index (Phi) is 4.47. The molecule has 2 rings (SSSR count). The molecule has 0 saturated heterocycles. The van der Waals surface area contributed by atoms with Gasteiger partial charge in [0.2, 0.25) is 0 Å². The van der Waals surface area contributed by atoms with Gasteiger partial charge in [0, 0.05) is 12.2 Å². The van der Waals surface area contributed by atoms with Gasteiger partial charge in [-0.1, -0.05) is 18.2 Å². The van der Waals surface area contributed by atoms with E-state index < -0.39 is 11.6 Å². The maximum atomic E-state index is 13.4. The van der Waals surface area contributed by atoms with Crippen LogP contribution in [0, 0.1) is 11.6 Å². The lowest BCUT2D eigenvalue weighted by molar-refractivity contribution is 0.281. The molecule has 0 spiro atoms. The van der Waals surface area contributed by atoms with Gasteiger partial charge in [-0.2, -0.15) is 0 Å². The molecule has 1 N–H and O–H groups in total. The monoisotopic (exact) mass is 264 g/mol. The maximum absolute atomic E-state index is 13.4. The largest absolute Gasteiger partial charge is 0.489 e. The van der Waals surface area contributed by atoms with Crippen molar-refractivity contribution >= 4 is 0 Å². The second-order valence-electron chi connectivity index (χ2n) is 4.11. The van der Waals surface area contributed by atoms with Crippen molar-refractivity contribution in [2.75, 3.05) is 6.61 Å². The van der Waals surface area contributed by atoms with Crippen LogP contribution in [0.1, 0.15) is 11.1 Å².